The fourth-order valence-electron chi connectivity index (χ4n) is 12.9. The van der Waals surface area contributed by atoms with Crippen LogP contribution in [0.2, 0.25) is 0 Å². The fraction of sp³-hybridized carbons (Fsp3) is 0.952. The molecule has 3 N–H and O–H groups in total. The Bertz CT molecular complexity index is 1940. The highest BCUT2D eigenvalue weighted by Crippen LogP contribution is 2.45. The summed E-state index contributed by atoms with van der Waals surface area (Å²) in [5.41, 5.74) is 0. The summed E-state index contributed by atoms with van der Waals surface area (Å²) in [6.07, 6.45) is 67.9. The van der Waals surface area contributed by atoms with E-state index in [1.807, 2.05) is 0 Å². The molecule has 5 atom stereocenters. The largest absolute Gasteiger partial charge is 0.472 e. The molecule has 0 aromatic heterocycles. The predicted octanol–water partition coefficient (Wildman–Crippen LogP) is 25.2. The third-order valence-corrected chi connectivity index (χ3v) is 21.4. The van der Waals surface area contributed by atoms with Gasteiger partial charge in [0, 0.05) is 25.7 Å². The number of unbranched alkanes of at least 4 members (excludes halogenated alkanes) is 55. The Balaban J connectivity index is 5.25. The van der Waals surface area contributed by atoms with Crippen molar-refractivity contribution in [2.24, 2.45) is 5.92 Å². The smallest absolute Gasteiger partial charge is 0.462 e. The van der Waals surface area contributed by atoms with E-state index in [0.29, 0.717) is 25.7 Å². The third-order valence-electron chi connectivity index (χ3n) is 19.5. The predicted molar refractivity (Wildman–Crippen MR) is 418 cm³/mol. The van der Waals surface area contributed by atoms with Crippen molar-refractivity contribution in [1.29, 1.82) is 0 Å². The molecule has 0 saturated carbocycles. The van der Waals surface area contributed by atoms with Gasteiger partial charge in [0.2, 0.25) is 0 Å². The Morgan fingerprint density at radius 2 is 0.451 bits per heavy atom. The van der Waals surface area contributed by atoms with Crippen LogP contribution in [-0.2, 0) is 65.4 Å². The number of aliphatic hydroxyl groups excluding tert-OH is 1. The van der Waals surface area contributed by atoms with Crippen molar-refractivity contribution in [3.63, 3.8) is 0 Å². The summed E-state index contributed by atoms with van der Waals surface area (Å²) in [5, 5.41) is 10.7. The molecule has 0 aliphatic rings. The number of hydrogen-bond acceptors (Lipinski definition) is 15. The number of carbonyl (C=O) groups excluding carboxylic acids is 4. The Labute approximate surface area is 626 Å². The minimum absolute atomic E-state index is 0.108. The summed E-state index contributed by atoms with van der Waals surface area (Å²) < 4.78 is 68.8. The quantitative estimate of drug-likeness (QED) is 0.0222. The van der Waals surface area contributed by atoms with E-state index in [9.17, 15) is 43.2 Å². The van der Waals surface area contributed by atoms with Gasteiger partial charge in [0.25, 0.3) is 0 Å². The Kier molecular flexibility index (Phi) is 74.4. The van der Waals surface area contributed by atoms with Crippen LogP contribution in [0.1, 0.15) is 446 Å². The van der Waals surface area contributed by atoms with Crippen molar-refractivity contribution >= 4 is 39.5 Å². The summed E-state index contributed by atoms with van der Waals surface area (Å²) in [7, 11) is -9.92. The molecule has 2 unspecified atom stereocenters. The number of phosphoric acid groups is 2. The molecule has 606 valence electrons. The first-order chi connectivity index (χ1) is 49.5. The summed E-state index contributed by atoms with van der Waals surface area (Å²) >= 11 is 0. The second-order valence-electron chi connectivity index (χ2n) is 30.3. The van der Waals surface area contributed by atoms with E-state index in [2.05, 4.69) is 34.6 Å². The molecule has 19 heteroatoms. The average Bonchev–Trinajstić information content (AvgIpc) is 0.911. The zero-order valence-electron chi connectivity index (χ0n) is 66.8. The van der Waals surface area contributed by atoms with Crippen molar-refractivity contribution in [2.45, 2.75) is 464 Å². The highest BCUT2D eigenvalue weighted by atomic mass is 31.2. The topological polar surface area (TPSA) is 237 Å². The molecule has 0 aliphatic carbocycles. The molecule has 0 radical (unpaired) electrons. The summed E-state index contributed by atoms with van der Waals surface area (Å²) in [5.74, 6) is -1.31. The number of phosphoric ester groups is 2. The Morgan fingerprint density at radius 1 is 0.265 bits per heavy atom. The molecule has 0 rings (SSSR count). The van der Waals surface area contributed by atoms with Crippen molar-refractivity contribution in [3.05, 3.63) is 0 Å². The maximum Gasteiger partial charge on any atom is 0.472 e. The summed E-state index contributed by atoms with van der Waals surface area (Å²) in [6.45, 7) is 7.36. The van der Waals surface area contributed by atoms with Gasteiger partial charge in [0.15, 0.2) is 12.2 Å². The molecule has 0 aliphatic heterocycles. The van der Waals surface area contributed by atoms with Crippen molar-refractivity contribution in [3.8, 4) is 0 Å². The molecule has 0 heterocycles. The standard InChI is InChI=1S/C83H162O17P2/c1-6-9-12-15-18-21-24-26-28-30-32-34-38-43-48-53-58-63-68-82(87)100-79(73-94-81(86)67-62-57-52-47-42-37-33-31-29-27-25-22-19-16-13-10-7-2)75-98-102(91,92)96-71-77(84)70-95-101(89,90)97-74-78(72-93-80(85)66-61-56-51-46-40-23-20-17-14-11-8-3)99-83(88)69-64-59-54-49-44-39-35-36-41-45-50-55-60-65-76(4)5/h76-79,84H,6-75H2,1-5H3,(H,89,90)(H,91,92)/t77-,78+,79+/m0/s1. The van der Waals surface area contributed by atoms with Gasteiger partial charge in [-0.05, 0) is 31.6 Å². The van der Waals surface area contributed by atoms with Crippen LogP contribution in [0.3, 0.4) is 0 Å². The van der Waals surface area contributed by atoms with Gasteiger partial charge in [-0.3, -0.25) is 37.3 Å². The second-order valence-corrected chi connectivity index (χ2v) is 33.3. The van der Waals surface area contributed by atoms with Gasteiger partial charge in [0.1, 0.15) is 19.3 Å². The molecular weight excluding hydrogens is 1330 g/mol. The van der Waals surface area contributed by atoms with E-state index < -0.39 is 97.5 Å². The number of esters is 4. The van der Waals surface area contributed by atoms with Crippen LogP contribution >= 0.6 is 15.6 Å². The molecular formula is C83H162O17P2. The first-order valence-electron chi connectivity index (χ1n) is 43.1. The van der Waals surface area contributed by atoms with Crippen molar-refractivity contribution < 1.29 is 80.2 Å². The lowest BCUT2D eigenvalue weighted by molar-refractivity contribution is -0.161. The molecule has 0 spiro atoms. The highest BCUT2D eigenvalue weighted by Gasteiger charge is 2.30. The first-order valence-corrected chi connectivity index (χ1v) is 46.1. The lowest BCUT2D eigenvalue weighted by Crippen LogP contribution is -2.30. The molecule has 0 aromatic carbocycles. The van der Waals surface area contributed by atoms with Crippen LogP contribution in [0.5, 0.6) is 0 Å². The van der Waals surface area contributed by atoms with E-state index in [1.54, 1.807) is 0 Å². The van der Waals surface area contributed by atoms with Gasteiger partial charge < -0.3 is 33.8 Å². The summed E-state index contributed by atoms with van der Waals surface area (Å²) in [6, 6.07) is 0. The average molecular weight is 1490 g/mol. The van der Waals surface area contributed by atoms with Gasteiger partial charge in [-0.25, -0.2) is 9.13 Å². The molecule has 0 aromatic rings. The van der Waals surface area contributed by atoms with Crippen LogP contribution in [0.15, 0.2) is 0 Å². The summed E-state index contributed by atoms with van der Waals surface area (Å²) in [4.78, 5) is 73.1. The van der Waals surface area contributed by atoms with Crippen LogP contribution in [-0.4, -0.2) is 96.7 Å². The van der Waals surface area contributed by atoms with E-state index in [-0.39, 0.29) is 25.7 Å². The molecule has 17 nitrogen and oxygen atoms in total. The Morgan fingerprint density at radius 3 is 0.667 bits per heavy atom. The van der Waals surface area contributed by atoms with Gasteiger partial charge >= 0.3 is 39.5 Å². The molecule has 0 fully saturated rings. The van der Waals surface area contributed by atoms with Crippen LogP contribution in [0, 0.1) is 5.92 Å². The van der Waals surface area contributed by atoms with Gasteiger partial charge in [-0.2, -0.15) is 0 Å². The zero-order valence-corrected chi connectivity index (χ0v) is 68.5. The number of aliphatic hydroxyl groups is 1. The molecule has 0 saturated heterocycles. The number of hydrogen-bond donors (Lipinski definition) is 3. The normalized spacial score (nSPS) is 13.8. The molecule has 0 bridgehead atoms. The number of carbonyl (C=O) groups is 4. The highest BCUT2D eigenvalue weighted by molar-refractivity contribution is 7.47. The lowest BCUT2D eigenvalue weighted by atomic mass is 10.0. The van der Waals surface area contributed by atoms with Crippen LogP contribution in [0.25, 0.3) is 0 Å². The van der Waals surface area contributed by atoms with Gasteiger partial charge in [0.05, 0.1) is 26.4 Å². The van der Waals surface area contributed by atoms with Crippen LogP contribution in [0.4, 0.5) is 0 Å². The molecule has 102 heavy (non-hydrogen) atoms. The van der Waals surface area contributed by atoms with Crippen molar-refractivity contribution in [1.82, 2.24) is 0 Å². The monoisotopic (exact) mass is 1490 g/mol. The van der Waals surface area contributed by atoms with Crippen LogP contribution < -0.4 is 0 Å². The molecule has 0 amide bonds. The number of ether oxygens (including phenoxy) is 4. The van der Waals surface area contributed by atoms with Crippen molar-refractivity contribution in [2.75, 3.05) is 39.6 Å². The minimum atomic E-state index is -4.96. The second kappa shape index (κ2) is 75.9. The maximum atomic E-state index is 13.1. The lowest BCUT2D eigenvalue weighted by Gasteiger charge is -2.21. The van der Waals surface area contributed by atoms with E-state index in [1.165, 1.54) is 270 Å². The van der Waals surface area contributed by atoms with Gasteiger partial charge in [-0.1, -0.05) is 394 Å². The number of rotatable bonds is 83. The van der Waals surface area contributed by atoms with E-state index >= 15 is 0 Å². The third kappa shape index (κ3) is 76.3. The Hall–Kier alpha value is -1.94. The SMILES string of the molecule is CCCCCCCCCCCCCCCCCCCCC(=O)O[C@H](COC(=O)CCCCCCCCCCCCCCCCCCC)COP(=O)(O)OC[C@@H](O)COP(=O)(O)OC[C@@H](COC(=O)CCCCCCCCCCCCC)OC(=O)CCCCCCCCCCCCCCCC(C)C. The first kappa shape index (κ1) is 100. The van der Waals surface area contributed by atoms with Gasteiger partial charge in [-0.15, -0.1) is 0 Å². The fourth-order valence-corrected chi connectivity index (χ4v) is 14.5. The van der Waals surface area contributed by atoms with E-state index in [4.69, 9.17) is 37.0 Å². The maximum absolute atomic E-state index is 13.1. The zero-order chi connectivity index (χ0) is 74.8. The minimum Gasteiger partial charge on any atom is -0.462 e. The van der Waals surface area contributed by atoms with E-state index in [0.717, 1.165) is 95.8 Å².